The van der Waals surface area contributed by atoms with Crippen LogP contribution < -0.4 is 9.62 Å². The van der Waals surface area contributed by atoms with Crippen molar-refractivity contribution >= 4 is 39.1 Å². The maximum atomic E-state index is 14.0. The highest BCUT2D eigenvalue weighted by Gasteiger charge is 2.33. The normalized spacial score (nSPS) is 12.2. The Morgan fingerprint density at radius 3 is 2.13 bits per heavy atom. The lowest BCUT2D eigenvalue weighted by Crippen LogP contribution is -2.53. The molecule has 39 heavy (non-hydrogen) atoms. The molecule has 0 aliphatic heterocycles. The summed E-state index contributed by atoms with van der Waals surface area (Å²) in [6.45, 7) is 8.91. The van der Waals surface area contributed by atoms with Crippen molar-refractivity contribution in [1.29, 1.82) is 0 Å². The number of rotatable bonds is 11. The monoisotopic (exact) mass is 569 g/mol. The second kappa shape index (κ2) is 13.1. The summed E-state index contributed by atoms with van der Waals surface area (Å²) in [5, 5.41) is 3.44. The lowest BCUT2D eigenvalue weighted by atomic mass is 10.1. The highest BCUT2D eigenvalue weighted by Crippen LogP contribution is 2.26. The zero-order valence-electron chi connectivity index (χ0n) is 23.0. The van der Waals surface area contributed by atoms with Gasteiger partial charge in [-0.25, -0.2) is 8.42 Å². The first-order valence-electron chi connectivity index (χ1n) is 12.9. The Bertz CT molecular complexity index is 1390. The van der Waals surface area contributed by atoms with Crippen molar-refractivity contribution in [3.63, 3.8) is 0 Å². The number of benzene rings is 3. The van der Waals surface area contributed by atoms with Gasteiger partial charge < -0.3 is 10.2 Å². The van der Waals surface area contributed by atoms with Gasteiger partial charge in [0.15, 0.2) is 0 Å². The van der Waals surface area contributed by atoms with Gasteiger partial charge in [-0.2, -0.15) is 0 Å². The summed E-state index contributed by atoms with van der Waals surface area (Å²) >= 11 is 6.06. The number of nitrogens with one attached hydrogen (secondary N) is 1. The Hall–Kier alpha value is -3.36. The number of amides is 2. The van der Waals surface area contributed by atoms with Gasteiger partial charge in [0.25, 0.3) is 10.0 Å². The molecule has 0 fully saturated rings. The van der Waals surface area contributed by atoms with E-state index in [2.05, 4.69) is 5.32 Å². The number of carbonyl (C=O) groups is 2. The van der Waals surface area contributed by atoms with Crippen molar-refractivity contribution in [2.24, 2.45) is 0 Å². The van der Waals surface area contributed by atoms with E-state index in [0.717, 1.165) is 21.0 Å². The largest absolute Gasteiger partial charge is 0.352 e. The lowest BCUT2D eigenvalue weighted by molar-refractivity contribution is -0.140. The predicted octanol–water partition coefficient (Wildman–Crippen LogP) is 5.48. The maximum absolute atomic E-state index is 14.0. The smallest absolute Gasteiger partial charge is 0.264 e. The summed E-state index contributed by atoms with van der Waals surface area (Å²) in [5.74, 6) is -0.786. The molecule has 0 aliphatic rings. The molecule has 3 aromatic rings. The lowest BCUT2D eigenvalue weighted by Gasteiger charge is -2.33. The molecule has 2 amide bonds. The second-order valence-electron chi connectivity index (χ2n) is 9.90. The van der Waals surface area contributed by atoms with Gasteiger partial charge in [0, 0.05) is 17.6 Å². The molecule has 3 aromatic carbocycles. The third kappa shape index (κ3) is 7.83. The van der Waals surface area contributed by atoms with Gasteiger partial charge in [-0.1, -0.05) is 60.5 Å². The molecule has 9 heteroatoms. The first-order valence-corrected chi connectivity index (χ1v) is 14.7. The Morgan fingerprint density at radius 2 is 1.56 bits per heavy atom. The van der Waals surface area contributed by atoms with Crippen LogP contribution >= 0.6 is 11.6 Å². The van der Waals surface area contributed by atoms with E-state index >= 15 is 0 Å². The van der Waals surface area contributed by atoms with E-state index in [9.17, 15) is 18.0 Å². The zero-order chi connectivity index (χ0) is 28.7. The Labute approximate surface area is 236 Å². The van der Waals surface area contributed by atoms with E-state index in [-0.39, 0.29) is 23.4 Å². The predicted molar refractivity (Wildman–Crippen MR) is 156 cm³/mol. The molecule has 0 spiro atoms. The highest BCUT2D eigenvalue weighted by atomic mass is 35.5. The average Bonchev–Trinajstić information content (AvgIpc) is 2.88. The van der Waals surface area contributed by atoms with Gasteiger partial charge in [0.1, 0.15) is 12.6 Å². The average molecular weight is 570 g/mol. The number of carbonyl (C=O) groups excluding carboxylic acids is 2. The maximum Gasteiger partial charge on any atom is 0.264 e. The van der Waals surface area contributed by atoms with Crippen LogP contribution in [0.1, 0.15) is 43.9 Å². The SMILES string of the molecule is CC[C@H](C(=O)NC(C)C)N(Cc1ccc(Cl)cc1)C(=O)CN(c1cccc(C)c1)S(=O)(=O)c1ccc(C)cc1. The summed E-state index contributed by atoms with van der Waals surface area (Å²) < 4.78 is 28.9. The molecule has 0 heterocycles. The van der Waals surface area contributed by atoms with Crippen LogP contribution in [0, 0.1) is 13.8 Å². The number of halogens is 1. The standard InChI is InChI=1S/C30H36ClN3O4S/c1-6-28(30(36)32-21(2)3)33(19-24-12-14-25(31)15-13-24)29(35)20-34(26-9-7-8-23(5)18-26)39(37,38)27-16-10-22(4)11-17-27/h7-18,21,28H,6,19-20H2,1-5H3,(H,32,36)/t28-/m1/s1. The molecule has 0 unspecified atom stereocenters. The van der Waals surface area contributed by atoms with Gasteiger partial charge in [-0.05, 0) is 81.6 Å². The van der Waals surface area contributed by atoms with Gasteiger partial charge in [0.05, 0.1) is 10.6 Å². The quantitative estimate of drug-likeness (QED) is 0.331. The van der Waals surface area contributed by atoms with Gasteiger partial charge in [0.2, 0.25) is 11.8 Å². The molecule has 0 radical (unpaired) electrons. The van der Waals surface area contributed by atoms with Crippen LogP contribution in [0.2, 0.25) is 5.02 Å². The molecule has 0 aromatic heterocycles. The Morgan fingerprint density at radius 1 is 0.923 bits per heavy atom. The van der Waals surface area contributed by atoms with Crippen molar-refractivity contribution in [1.82, 2.24) is 10.2 Å². The second-order valence-corrected chi connectivity index (χ2v) is 12.2. The van der Waals surface area contributed by atoms with Gasteiger partial charge >= 0.3 is 0 Å². The molecule has 0 aliphatic carbocycles. The number of nitrogens with zero attached hydrogens (tertiary/aromatic N) is 2. The molecular weight excluding hydrogens is 534 g/mol. The molecule has 0 saturated heterocycles. The van der Waals surface area contributed by atoms with Crippen molar-refractivity contribution in [3.8, 4) is 0 Å². The van der Waals surface area contributed by atoms with E-state index in [0.29, 0.717) is 17.1 Å². The molecule has 3 rings (SSSR count). The van der Waals surface area contributed by atoms with E-state index < -0.39 is 28.5 Å². The van der Waals surface area contributed by atoms with Crippen molar-refractivity contribution in [2.45, 2.75) is 64.6 Å². The van der Waals surface area contributed by atoms with Crippen LogP contribution in [0.5, 0.6) is 0 Å². The van der Waals surface area contributed by atoms with E-state index in [1.807, 2.05) is 40.7 Å². The summed E-state index contributed by atoms with van der Waals surface area (Å²) in [7, 11) is -4.10. The molecule has 0 saturated carbocycles. The van der Waals surface area contributed by atoms with Crippen LogP contribution in [0.4, 0.5) is 5.69 Å². The number of aryl methyl sites for hydroxylation is 2. The minimum atomic E-state index is -4.10. The molecule has 1 N–H and O–H groups in total. The van der Waals surface area contributed by atoms with Crippen molar-refractivity contribution in [3.05, 3.63) is 94.5 Å². The first-order chi connectivity index (χ1) is 18.4. The summed E-state index contributed by atoms with van der Waals surface area (Å²) in [5.41, 5.74) is 2.91. The molecule has 1 atom stereocenters. The third-order valence-electron chi connectivity index (χ3n) is 6.26. The van der Waals surface area contributed by atoms with E-state index in [1.54, 1.807) is 54.6 Å². The van der Waals surface area contributed by atoms with Crippen LogP contribution in [0.25, 0.3) is 0 Å². The topological polar surface area (TPSA) is 86.8 Å². The summed E-state index contributed by atoms with van der Waals surface area (Å²) in [6.07, 6.45) is 0.354. The van der Waals surface area contributed by atoms with Crippen molar-refractivity contribution in [2.75, 3.05) is 10.8 Å². The molecule has 208 valence electrons. The Kier molecular flexibility index (Phi) is 10.2. The van der Waals surface area contributed by atoms with E-state index in [4.69, 9.17) is 11.6 Å². The number of hydrogen-bond donors (Lipinski definition) is 1. The summed E-state index contributed by atoms with van der Waals surface area (Å²) in [6, 6.07) is 19.6. The third-order valence-corrected chi connectivity index (χ3v) is 8.30. The van der Waals surface area contributed by atoms with E-state index in [1.165, 1.54) is 17.0 Å². The van der Waals surface area contributed by atoms with Crippen molar-refractivity contribution < 1.29 is 18.0 Å². The minimum Gasteiger partial charge on any atom is -0.352 e. The van der Waals surface area contributed by atoms with Crippen LogP contribution in [0.15, 0.2) is 77.7 Å². The molecular formula is C30H36ClN3O4S. The summed E-state index contributed by atoms with van der Waals surface area (Å²) in [4.78, 5) is 28.7. The van der Waals surface area contributed by atoms with Gasteiger partial charge in [-0.3, -0.25) is 13.9 Å². The minimum absolute atomic E-state index is 0.0799. The molecule has 0 bridgehead atoms. The fourth-order valence-corrected chi connectivity index (χ4v) is 5.77. The fourth-order valence-electron chi connectivity index (χ4n) is 4.24. The zero-order valence-corrected chi connectivity index (χ0v) is 24.6. The number of anilines is 1. The Balaban J connectivity index is 2.06. The fraction of sp³-hybridized carbons (Fsp3) is 0.333. The van der Waals surface area contributed by atoms with Gasteiger partial charge in [-0.15, -0.1) is 0 Å². The van der Waals surface area contributed by atoms with Crippen LogP contribution in [-0.4, -0.2) is 43.8 Å². The van der Waals surface area contributed by atoms with Crippen LogP contribution in [0.3, 0.4) is 0 Å². The molecule has 7 nitrogen and oxygen atoms in total. The first kappa shape index (κ1) is 30.2. The number of sulfonamides is 1. The number of hydrogen-bond acceptors (Lipinski definition) is 4. The van der Waals surface area contributed by atoms with Crippen LogP contribution in [-0.2, 0) is 26.2 Å². The highest BCUT2D eigenvalue weighted by molar-refractivity contribution is 7.92.